The Labute approximate surface area is 151 Å². The van der Waals surface area contributed by atoms with Gasteiger partial charge in [0.25, 0.3) is 5.91 Å². The van der Waals surface area contributed by atoms with Crippen LogP contribution in [0, 0.1) is 0 Å². The van der Waals surface area contributed by atoms with Crippen LogP contribution < -0.4 is 4.74 Å². The summed E-state index contributed by atoms with van der Waals surface area (Å²) in [4.78, 5) is 28.4. The Hall–Kier alpha value is -2.86. The smallest absolute Gasteiger partial charge is 0.327 e. The van der Waals surface area contributed by atoms with E-state index in [2.05, 4.69) is 0 Å². The lowest BCUT2D eigenvalue weighted by Crippen LogP contribution is -2.41. The molecular formula is C20H20N2O4. The van der Waals surface area contributed by atoms with E-state index in [0.29, 0.717) is 24.3 Å². The highest BCUT2D eigenvalue weighted by atomic mass is 16.5. The van der Waals surface area contributed by atoms with E-state index in [-0.39, 0.29) is 18.5 Å². The largest absolute Gasteiger partial charge is 0.497 e. The molecule has 2 aliphatic rings. The van der Waals surface area contributed by atoms with Gasteiger partial charge < -0.3 is 14.7 Å². The number of hydrogen-bond donors (Lipinski definition) is 1. The molecule has 6 heteroatoms. The Balaban J connectivity index is 1.60. The monoisotopic (exact) mass is 352 g/mol. The van der Waals surface area contributed by atoms with Gasteiger partial charge in [-0.25, -0.2) is 4.79 Å². The summed E-state index contributed by atoms with van der Waals surface area (Å²) in [6.07, 6.45) is 0.470. The van der Waals surface area contributed by atoms with Gasteiger partial charge in [0, 0.05) is 18.5 Å². The van der Waals surface area contributed by atoms with Gasteiger partial charge in [-0.3, -0.25) is 9.69 Å². The van der Waals surface area contributed by atoms with Gasteiger partial charge in [-0.05, 0) is 29.8 Å². The minimum absolute atomic E-state index is 0.176. The van der Waals surface area contributed by atoms with Crippen LogP contribution >= 0.6 is 0 Å². The summed E-state index contributed by atoms with van der Waals surface area (Å²) in [5, 5.41) is 11.2. The molecule has 2 aliphatic heterocycles. The Morgan fingerprint density at radius 2 is 1.85 bits per heavy atom. The minimum Gasteiger partial charge on any atom is -0.497 e. The number of rotatable bonds is 3. The van der Waals surface area contributed by atoms with Gasteiger partial charge in [0.05, 0.1) is 19.7 Å². The van der Waals surface area contributed by atoms with E-state index in [0.717, 1.165) is 5.56 Å². The van der Waals surface area contributed by atoms with E-state index in [4.69, 9.17) is 4.74 Å². The quantitative estimate of drug-likeness (QED) is 0.920. The second-order valence-electron chi connectivity index (χ2n) is 6.68. The van der Waals surface area contributed by atoms with Crippen LogP contribution in [0.15, 0.2) is 54.6 Å². The number of methoxy groups -OCH3 is 1. The van der Waals surface area contributed by atoms with Crippen molar-refractivity contribution in [3.8, 4) is 5.75 Å². The molecule has 134 valence electrons. The molecule has 0 radical (unpaired) electrons. The maximum atomic E-state index is 12.8. The molecule has 0 spiro atoms. The molecule has 0 unspecified atom stereocenters. The van der Waals surface area contributed by atoms with Gasteiger partial charge in [0.15, 0.2) is 0 Å². The molecule has 26 heavy (non-hydrogen) atoms. The van der Waals surface area contributed by atoms with Crippen LogP contribution in [-0.4, -0.2) is 53.1 Å². The number of carbonyl (C=O) groups is 2. The summed E-state index contributed by atoms with van der Waals surface area (Å²) in [5.74, 6) is 0.288. The van der Waals surface area contributed by atoms with E-state index >= 15 is 0 Å². The number of urea groups is 1. The van der Waals surface area contributed by atoms with Gasteiger partial charge in [-0.1, -0.05) is 30.3 Å². The molecule has 0 saturated carbocycles. The van der Waals surface area contributed by atoms with Crippen molar-refractivity contribution >= 4 is 11.9 Å². The lowest BCUT2D eigenvalue weighted by Gasteiger charge is -2.29. The summed E-state index contributed by atoms with van der Waals surface area (Å²) in [7, 11) is 1.56. The van der Waals surface area contributed by atoms with E-state index in [9.17, 15) is 14.7 Å². The van der Waals surface area contributed by atoms with Crippen molar-refractivity contribution in [2.45, 2.75) is 18.1 Å². The Morgan fingerprint density at radius 1 is 1.15 bits per heavy atom. The van der Waals surface area contributed by atoms with Crippen molar-refractivity contribution in [1.29, 1.82) is 0 Å². The SMILES string of the molecule is COc1ccc(C(=O)N2C[C@H]3N(CC[C@@]3(O)c3ccccc3)C2=O)cc1. The van der Waals surface area contributed by atoms with E-state index in [1.807, 2.05) is 30.3 Å². The number of amides is 3. The average molecular weight is 352 g/mol. The van der Waals surface area contributed by atoms with E-state index in [1.165, 1.54) is 4.90 Å². The Morgan fingerprint density at radius 3 is 2.50 bits per heavy atom. The molecule has 0 bridgehead atoms. The predicted molar refractivity (Wildman–Crippen MR) is 94.9 cm³/mol. The second kappa shape index (κ2) is 6.14. The van der Waals surface area contributed by atoms with E-state index < -0.39 is 11.6 Å². The van der Waals surface area contributed by atoms with E-state index in [1.54, 1.807) is 36.3 Å². The second-order valence-corrected chi connectivity index (χ2v) is 6.68. The molecule has 0 aliphatic carbocycles. The fourth-order valence-corrected chi connectivity index (χ4v) is 3.88. The summed E-state index contributed by atoms with van der Waals surface area (Å²) in [6, 6.07) is 15.2. The first kappa shape index (κ1) is 16.6. The van der Waals surface area contributed by atoms with Crippen LogP contribution in [0.3, 0.4) is 0 Å². The molecular weight excluding hydrogens is 332 g/mol. The zero-order chi connectivity index (χ0) is 18.3. The van der Waals surface area contributed by atoms with Crippen LogP contribution in [0.25, 0.3) is 0 Å². The molecule has 6 nitrogen and oxygen atoms in total. The number of nitrogens with zero attached hydrogens (tertiary/aromatic N) is 2. The van der Waals surface area contributed by atoms with Gasteiger partial charge in [-0.2, -0.15) is 0 Å². The molecule has 0 aromatic heterocycles. The van der Waals surface area contributed by atoms with Crippen LogP contribution in [0.5, 0.6) is 5.75 Å². The first-order chi connectivity index (χ1) is 12.5. The first-order valence-electron chi connectivity index (χ1n) is 8.59. The fourth-order valence-electron chi connectivity index (χ4n) is 3.88. The van der Waals surface area contributed by atoms with Gasteiger partial charge in [0.1, 0.15) is 11.4 Å². The standard InChI is InChI=1S/C20H20N2O4/c1-26-16-9-7-14(8-10-16)18(23)22-13-17-20(25,11-12-21(17)19(22)24)15-5-3-2-4-6-15/h2-10,17,25H,11-13H2,1H3/t17-,20-/m1/s1. The zero-order valence-electron chi connectivity index (χ0n) is 14.5. The van der Waals surface area contributed by atoms with Crippen molar-refractivity contribution in [2.24, 2.45) is 0 Å². The lowest BCUT2D eigenvalue weighted by atomic mass is 9.86. The number of carbonyl (C=O) groups excluding carboxylic acids is 2. The van der Waals surface area contributed by atoms with Crippen molar-refractivity contribution in [1.82, 2.24) is 9.80 Å². The molecule has 2 aromatic carbocycles. The van der Waals surface area contributed by atoms with Crippen molar-refractivity contribution < 1.29 is 19.4 Å². The predicted octanol–water partition coefficient (Wildman–Crippen LogP) is 2.23. The number of hydrogen-bond acceptors (Lipinski definition) is 4. The molecule has 2 heterocycles. The maximum absolute atomic E-state index is 12.8. The molecule has 2 saturated heterocycles. The van der Waals surface area contributed by atoms with Crippen LogP contribution in [0.4, 0.5) is 4.79 Å². The normalized spacial score (nSPS) is 24.7. The van der Waals surface area contributed by atoms with Crippen molar-refractivity contribution in [3.05, 3.63) is 65.7 Å². The number of ether oxygens (including phenoxy) is 1. The third-order valence-corrected chi connectivity index (χ3v) is 5.35. The highest BCUT2D eigenvalue weighted by Crippen LogP contribution is 2.41. The van der Waals surface area contributed by atoms with Crippen molar-refractivity contribution in [3.63, 3.8) is 0 Å². The van der Waals surface area contributed by atoms with Crippen LogP contribution in [-0.2, 0) is 5.60 Å². The van der Waals surface area contributed by atoms with Gasteiger partial charge in [0.2, 0.25) is 0 Å². The molecule has 4 rings (SSSR count). The average Bonchev–Trinajstić information content (AvgIpc) is 3.20. The molecule has 2 fully saturated rings. The third kappa shape index (κ3) is 2.45. The highest BCUT2D eigenvalue weighted by molar-refractivity contribution is 6.05. The number of imide groups is 1. The number of benzene rings is 2. The summed E-state index contributed by atoms with van der Waals surface area (Å²) in [5.41, 5.74) is 0.0638. The summed E-state index contributed by atoms with van der Waals surface area (Å²) >= 11 is 0. The summed E-state index contributed by atoms with van der Waals surface area (Å²) < 4.78 is 5.10. The third-order valence-electron chi connectivity index (χ3n) is 5.35. The minimum atomic E-state index is -1.13. The topological polar surface area (TPSA) is 70.1 Å². The molecule has 3 amide bonds. The Bertz CT molecular complexity index is 837. The molecule has 2 atom stereocenters. The van der Waals surface area contributed by atoms with Crippen LogP contribution in [0.2, 0.25) is 0 Å². The van der Waals surface area contributed by atoms with Gasteiger partial charge in [-0.15, -0.1) is 0 Å². The summed E-state index contributed by atoms with van der Waals surface area (Å²) in [6.45, 7) is 0.608. The molecule has 2 aromatic rings. The van der Waals surface area contributed by atoms with Crippen molar-refractivity contribution in [2.75, 3.05) is 20.2 Å². The highest BCUT2D eigenvalue weighted by Gasteiger charge is 2.55. The first-order valence-corrected chi connectivity index (χ1v) is 8.59. The number of aliphatic hydroxyl groups is 1. The fraction of sp³-hybridized carbons (Fsp3) is 0.300. The maximum Gasteiger partial charge on any atom is 0.327 e. The zero-order valence-corrected chi connectivity index (χ0v) is 14.5. The number of fused-ring (bicyclic) bond motifs is 1. The Kier molecular flexibility index (Phi) is 3.92. The van der Waals surface area contributed by atoms with Crippen LogP contribution in [0.1, 0.15) is 22.3 Å². The van der Waals surface area contributed by atoms with Gasteiger partial charge >= 0.3 is 6.03 Å². The molecule has 1 N–H and O–H groups in total. The lowest BCUT2D eigenvalue weighted by molar-refractivity contribution is 0.0135.